The standard InChI is InChI=1S/C11H8N2O3/c14-7-8-3-1-2-4-10(8)13-6-5-9(12-13)11(15)16/h1-7H,(H,15,16). The Kier molecular flexibility index (Phi) is 2.51. The zero-order valence-electron chi connectivity index (χ0n) is 8.20. The van der Waals surface area contributed by atoms with Gasteiger partial charge in [0.2, 0.25) is 0 Å². The van der Waals surface area contributed by atoms with Crippen molar-refractivity contribution in [1.82, 2.24) is 9.78 Å². The fourth-order valence-corrected chi connectivity index (χ4v) is 1.37. The number of carbonyl (C=O) groups is 2. The molecule has 0 amide bonds. The van der Waals surface area contributed by atoms with E-state index < -0.39 is 5.97 Å². The Morgan fingerprint density at radius 2 is 2.06 bits per heavy atom. The van der Waals surface area contributed by atoms with Crippen molar-refractivity contribution in [3.63, 3.8) is 0 Å². The van der Waals surface area contributed by atoms with Crippen LogP contribution in [0.2, 0.25) is 0 Å². The molecule has 2 aromatic rings. The number of benzene rings is 1. The van der Waals surface area contributed by atoms with E-state index in [1.54, 1.807) is 24.3 Å². The summed E-state index contributed by atoms with van der Waals surface area (Å²) in [4.78, 5) is 21.4. The van der Waals surface area contributed by atoms with Gasteiger partial charge in [0.05, 0.1) is 5.69 Å². The van der Waals surface area contributed by atoms with Crippen molar-refractivity contribution < 1.29 is 14.7 Å². The van der Waals surface area contributed by atoms with Gasteiger partial charge in [0.1, 0.15) is 0 Å². The van der Waals surface area contributed by atoms with E-state index in [0.29, 0.717) is 17.5 Å². The van der Waals surface area contributed by atoms with Crippen molar-refractivity contribution in [3.8, 4) is 5.69 Å². The molecule has 0 bridgehead atoms. The number of rotatable bonds is 3. The smallest absolute Gasteiger partial charge is 0.356 e. The van der Waals surface area contributed by atoms with Gasteiger partial charge in [-0.15, -0.1) is 0 Å². The van der Waals surface area contributed by atoms with Crippen LogP contribution in [0, 0.1) is 0 Å². The lowest BCUT2D eigenvalue weighted by molar-refractivity contribution is 0.0690. The van der Waals surface area contributed by atoms with Crippen LogP contribution >= 0.6 is 0 Å². The fourth-order valence-electron chi connectivity index (χ4n) is 1.37. The van der Waals surface area contributed by atoms with E-state index in [4.69, 9.17) is 5.11 Å². The molecule has 80 valence electrons. The molecule has 1 aromatic heterocycles. The topological polar surface area (TPSA) is 72.2 Å². The molecule has 0 saturated carbocycles. The maximum atomic E-state index is 10.8. The molecular formula is C11H8N2O3. The summed E-state index contributed by atoms with van der Waals surface area (Å²) in [5.74, 6) is -1.10. The van der Waals surface area contributed by atoms with Crippen LogP contribution in [0.3, 0.4) is 0 Å². The Bertz CT molecular complexity index is 546. The number of carboxylic acids is 1. The first kappa shape index (κ1) is 10.1. The van der Waals surface area contributed by atoms with Gasteiger partial charge in [-0.2, -0.15) is 5.10 Å². The summed E-state index contributed by atoms with van der Waals surface area (Å²) < 4.78 is 1.37. The molecule has 0 atom stereocenters. The van der Waals surface area contributed by atoms with E-state index in [0.717, 1.165) is 0 Å². The number of carbonyl (C=O) groups excluding carboxylic acids is 1. The van der Waals surface area contributed by atoms with Crippen LogP contribution in [0.25, 0.3) is 5.69 Å². The van der Waals surface area contributed by atoms with Gasteiger partial charge in [-0.25, -0.2) is 9.48 Å². The lowest BCUT2D eigenvalue weighted by Crippen LogP contribution is -2.03. The second-order valence-corrected chi connectivity index (χ2v) is 3.13. The molecule has 0 radical (unpaired) electrons. The zero-order chi connectivity index (χ0) is 11.5. The molecule has 1 aromatic carbocycles. The number of nitrogens with zero attached hydrogens (tertiary/aromatic N) is 2. The van der Waals surface area contributed by atoms with Gasteiger partial charge >= 0.3 is 5.97 Å². The summed E-state index contributed by atoms with van der Waals surface area (Å²) in [5, 5.41) is 12.6. The van der Waals surface area contributed by atoms with E-state index in [9.17, 15) is 9.59 Å². The number of aromatic carboxylic acids is 1. The van der Waals surface area contributed by atoms with Crippen molar-refractivity contribution in [2.45, 2.75) is 0 Å². The first-order valence-electron chi connectivity index (χ1n) is 4.56. The van der Waals surface area contributed by atoms with Crippen LogP contribution in [0.15, 0.2) is 36.5 Å². The number of carboxylic acid groups (broad SMARTS) is 1. The third-order valence-electron chi connectivity index (χ3n) is 2.12. The summed E-state index contributed by atoms with van der Waals surface area (Å²) in [6, 6.07) is 8.20. The van der Waals surface area contributed by atoms with E-state index in [1.165, 1.54) is 16.9 Å². The maximum Gasteiger partial charge on any atom is 0.356 e. The third-order valence-corrected chi connectivity index (χ3v) is 2.12. The molecule has 5 heteroatoms. The van der Waals surface area contributed by atoms with Crippen LogP contribution in [0.1, 0.15) is 20.8 Å². The minimum absolute atomic E-state index is 0.0549. The number of para-hydroxylation sites is 1. The summed E-state index contributed by atoms with van der Waals surface area (Å²) in [5.41, 5.74) is 0.966. The van der Waals surface area contributed by atoms with Gasteiger partial charge in [0.15, 0.2) is 12.0 Å². The number of aromatic nitrogens is 2. The highest BCUT2D eigenvalue weighted by Gasteiger charge is 2.09. The molecule has 16 heavy (non-hydrogen) atoms. The Morgan fingerprint density at radius 1 is 1.31 bits per heavy atom. The van der Waals surface area contributed by atoms with E-state index in [1.807, 2.05) is 0 Å². The van der Waals surface area contributed by atoms with Crippen LogP contribution in [-0.4, -0.2) is 27.1 Å². The molecule has 2 rings (SSSR count). The normalized spacial score (nSPS) is 10.0. The Labute approximate surface area is 90.9 Å². The Hall–Kier alpha value is -2.43. The van der Waals surface area contributed by atoms with Gasteiger partial charge < -0.3 is 5.11 Å². The molecule has 0 aliphatic heterocycles. The number of hydrogen-bond donors (Lipinski definition) is 1. The first-order chi connectivity index (χ1) is 7.72. The average molecular weight is 216 g/mol. The van der Waals surface area contributed by atoms with Crippen LogP contribution < -0.4 is 0 Å². The van der Waals surface area contributed by atoms with Gasteiger partial charge in [0, 0.05) is 11.8 Å². The molecule has 1 heterocycles. The monoisotopic (exact) mass is 216 g/mol. The molecular weight excluding hydrogens is 208 g/mol. The highest BCUT2D eigenvalue weighted by molar-refractivity contribution is 5.85. The molecule has 0 unspecified atom stereocenters. The molecule has 0 fully saturated rings. The molecule has 5 nitrogen and oxygen atoms in total. The van der Waals surface area contributed by atoms with E-state index in [2.05, 4.69) is 5.10 Å². The van der Waals surface area contributed by atoms with Gasteiger partial charge in [0.25, 0.3) is 0 Å². The van der Waals surface area contributed by atoms with Crippen LogP contribution in [-0.2, 0) is 0 Å². The SMILES string of the molecule is O=Cc1ccccc1-n1ccc(C(=O)O)n1. The highest BCUT2D eigenvalue weighted by atomic mass is 16.4. The van der Waals surface area contributed by atoms with E-state index in [-0.39, 0.29) is 5.69 Å². The molecule has 0 saturated heterocycles. The quantitative estimate of drug-likeness (QED) is 0.787. The van der Waals surface area contributed by atoms with Gasteiger partial charge in [-0.3, -0.25) is 4.79 Å². The summed E-state index contributed by atoms with van der Waals surface area (Å²) in [6.07, 6.45) is 2.21. The second-order valence-electron chi connectivity index (χ2n) is 3.13. The minimum atomic E-state index is -1.10. The van der Waals surface area contributed by atoms with Crippen molar-refractivity contribution in [1.29, 1.82) is 0 Å². The zero-order valence-corrected chi connectivity index (χ0v) is 8.20. The predicted octanol–water partition coefficient (Wildman–Crippen LogP) is 1.38. The van der Waals surface area contributed by atoms with E-state index >= 15 is 0 Å². The minimum Gasteiger partial charge on any atom is -0.476 e. The predicted molar refractivity (Wildman–Crippen MR) is 55.9 cm³/mol. The van der Waals surface area contributed by atoms with Gasteiger partial charge in [-0.1, -0.05) is 12.1 Å². The van der Waals surface area contributed by atoms with Crippen molar-refractivity contribution in [2.24, 2.45) is 0 Å². The lowest BCUT2D eigenvalue weighted by Gasteiger charge is -2.03. The lowest BCUT2D eigenvalue weighted by atomic mass is 10.2. The van der Waals surface area contributed by atoms with Crippen molar-refractivity contribution in [2.75, 3.05) is 0 Å². The second kappa shape index (κ2) is 3.98. The van der Waals surface area contributed by atoms with Crippen molar-refractivity contribution in [3.05, 3.63) is 47.8 Å². The summed E-state index contributed by atoms with van der Waals surface area (Å²) in [7, 11) is 0. The number of hydrogen-bond acceptors (Lipinski definition) is 3. The average Bonchev–Trinajstić information content (AvgIpc) is 2.78. The number of aldehydes is 1. The van der Waals surface area contributed by atoms with Crippen LogP contribution in [0.4, 0.5) is 0 Å². The fraction of sp³-hybridized carbons (Fsp3) is 0. The highest BCUT2D eigenvalue weighted by Crippen LogP contribution is 2.12. The van der Waals surface area contributed by atoms with Crippen LogP contribution in [0.5, 0.6) is 0 Å². The summed E-state index contributed by atoms with van der Waals surface area (Å²) >= 11 is 0. The molecule has 1 N–H and O–H groups in total. The van der Waals surface area contributed by atoms with Gasteiger partial charge in [-0.05, 0) is 18.2 Å². The Balaban J connectivity index is 2.50. The molecule has 0 aliphatic carbocycles. The largest absolute Gasteiger partial charge is 0.476 e. The van der Waals surface area contributed by atoms with Crippen molar-refractivity contribution >= 4 is 12.3 Å². The third kappa shape index (κ3) is 1.70. The maximum absolute atomic E-state index is 10.8. The molecule has 0 aliphatic rings. The molecule has 0 spiro atoms. The summed E-state index contributed by atoms with van der Waals surface area (Å²) in [6.45, 7) is 0. The Morgan fingerprint density at radius 3 is 2.69 bits per heavy atom. The first-order valence-corrected chi connectivity index (χ1v) is 4.56.